The fourth-order valence-electron chi connectivity index (χ4n) is 1.97. The van der Waals surface area contributed by atoms with Crippen molar-refractivity contribution in [1.29, 1.82) is 0 Å². The van der Waals surface area contributed by atoms with Crippen LogP contribution in [0.4, 0.5) is 5.13 Å². The highest BCUT2D eigenvalue weighted by molar-refractivity contribution is 8.18. The summed E-state index contributed by atoms with van der Waals surface area (Å²) in [5.74, 6) is -0.0706. The number of aromatic nitrogens is 2. The number of aliphatic imine (C=N–C) groups is 1. The fourth-order valence-corrected chi connectivity index (χ4v) is 3.68. The smallest absolute Gasteiger partial charge is 0.267 e. The van der Waals surface area contributed by atoms with Gasteiger partial charge in [-0.15, -0.1) is 17.9 Å². The molecule has 2 aromatic rings. The van der Waals surface area contributed by atoms with Gasteiger partial charge in [0.1, 0.15) is 0 Å². The van der Waals surface area contributed by atoms with Crippen LogP contribution >= 0.6 is 23.1 Å². The Morgan fingerprint density at radius 1 is 1.39 bits per heavy atom. The molecule has 0 spiro atoms. The number of amides is 1. The molecule has 7 heteroatoms. The van der Waals surface area contributed by atoms with Gasteiger partial charge in [0.25, 0.3) is 5.91 Å². The zero-order valence-corrected chi connectivity index (χ0v) is 14.1. The summed E-state index contributed by atoms with van der Waals surface area (Å²) in [7, 11) is 0. The molecular weight excluding hydrogens is 328 g/mol. The molecule has 23 heavy (non-hydrogen) atoms. The standard InChI is InChI=1S/C16H14N4OS2/c1-3-8-20-14(21)13(9-12-4-6-17-7-5-12)23-16(20)19-15-18-11(2)10-22-15/h3-7,9-10H,1,8H2,2H3/b13-9-,19-16+. The first-order valence-electron chi connectivity index (χ1n) is 6.90. The van der Waals surface area contributed by atoms with Crippen molar-refractivity contribution >= 4 is 45.4 Å². The lowest BCUT2D eigenvalue weighted by Crippen LogP contribution is -2.29. The molecular formula is C16H14N4OS2. The van der Waals surface area contributed by atoms with E-state index in [1.54, 1.807) is 23.4 Å². The van der Waals surface area contributed by atoms with Crippen LogP contribution in [0.1, 0.15) is 11.3 Å². The van der Waals surface area contributed by atoms with E-state index in [0.717, 1.165) is 11.3 Å². The Morgan fingerprint density at radius 3 is 2.83 bits per heavy atom. The molecule has 1 saturated heterocycles. The van der Waals surface area contributed by atoms with Crippen LogP contribution in [-0.4, -0.2) is 32.5 Å². The van der Waals surface area contributed by atoms with Crippen LogP contribution in [-0.2, 0) is 4.79 Å². The van der Waals surface area contributed by atoms with Crippen LogP contribution in [0, 0.1) is 6.92 Å². The number of thiazole rings is 1. The maximum absolute atomic E-state index is 12.6. The number of carbonyl (C=O) groups is 1. The highest BCUT2D eigenvalue weighted by Gasteiger charge is 2.32. The van der Waals surface area contributed by atoms with Crippen molar-refractivity contribution in [2.24, 2.45) is 4.99 Å². The highest BCUT2D eigenvalue weighted by atomic mass is 32.2. The lowest BCUT2D eigenvalue weighted by atomic mass is 10.2. The Bertz CT molecular complexity index is 795. The summed E-state index contributed by atoms with van der Waals surface area (Å²) in [5.41, 5.74) is 1.85. The van der Waals surface area contributed by atoms with Crippen molar-refractivity contribution in [2.45, 2.75) is 6.92 Å². The number of hydrogen-bond donors (Lipinski definition) is 0. The van der Waals surface area contributed by atoms with Crippen LogP contribution in [0.5, 0.6) is 0 Å². The number of thioether (sulfide) groups is 1. The molecule has 0 unspecified atom stereocenters. The van der Waals surface area contributed by atoms with Crippen molar-refractivity contribution in [1.82, 2.24) is 14.9 Å². The van der Waals surface area contributed by atoms with E-state index in [-0.39, 0.29) is 5.91 Å². The number of rotatable bonds is 4. The molecule has 3 heterocycles. The Kier molecular flexibility index (Phi) is 4.68. The highest BCUT2D eigenvalue weighted by Crippen LogP contribution is 2.34. The van der Waals surface area contributed by atoms with Gasteiger partial charge in [0, 0.05) is 24.3 Å². The lowest BCUT2D eigenvalue weighted by Gasteiger charge is -2.11. The van der Waals surface area contributed by atoms with E-state index in [1.807, 2.05) is 30.5 Å². The molecule has 0 aromatic carbocycles. The number of nitrogens with zero attached hydrogens (tertiary/aromatic N) is 4. The molecule has 2 aromatic heterocycles. The van der Waals surface area contributed by atoms with E-state index in [2.05, 4.69) is 21.5 Å². The lowest BCUT2D eigenvalue weighted by molar-refractivity contribution is -0.121. The van der Waals surface area contributed by atoms with Gasteiger partial charge in [0.05, 0.1) is 10.6 Å². The molecule has 5 nitrogen and oxygen atoms in total. The van der Waals surface area contributed by atoms with Gasteiger partial charge in [-0.2, -0.15) is 4.99 Å². The van der Waals surface area contributed by atoms with Crippen molar-refractivity contribution in [3.8, 4) is 0 Å². The molecule has 1 fully saturated rings. The summed E-state index contributed by atoms with van der Waals surface area (Å²) in [6.45, 7) is 6.05. The summed E-state index contributed by atoms with van der Waals surface area (Å²) >= 11 is 2.81. The zero-order valence-electron chi connectivity index (χ0n) is 12.5. The average molecular weight is 342 g/mol. The van der Waals surface area contributed by atoms with Crippen LogP contribution in [0.3, 0.4) is 0 Å². The molecule has 1 amide bonds. The van der Waals surface area contributed by atoms with E-state index < -0.39 is 0 Å². The van der Waals surface area contributed by atoms with E-state index in [4.69, 9.17) is 0 Å². The maximum Gasteiger partial charge on any atom is 0.267 e. The minimum Gasteiger partial charge on any atom is -0.282 e. The van der Waals surface area contributed by atoms with Gasteiger partial charge < -0.3 is 0 Å². The van der Waals surface area contributed by atoms with Gasteiger partial charge in [0.15, 0.2) is 5.17 Å². The Balaban J connectivity index is 1.94. The van der Waals surface area contributed by atoms with Crippen molar-refractivity contribution in [3.63, 3.8) is 0 Å². The predicted molar refractivity (Wildman–Crippen MR) is 95.7 cm³/mol. The number of pyridine rings is 1. The molecule has 0 radical (unpaired) electrons. The average Bonchev–Trinajstić information content (AvgIpc) is 3.08. The topological polar surface area (TPSA) is 58.5 Å². The Morgan fingerprint density at radius 2 is 2.17 bits per heavy atom. The number of amidine groups is 1. The SMILES string of the molecule is C=CCN1C(=O)/C(=C/c2ccncc2)S/C1=N/c1nc(C)cs1. The fraction of sp³-hybridized carbons (Fsp3) is 0.125. The number of carbonyl (C=O) groups excluding carboxylic acids is 1. The van der Waals surface area contributed by atoms with Crippen molar-refractivity contribution in [2.75, 3.05) is 6.54 Å². The molecule has 1 aliphatic heterocycles. The van der Waals surface area contributed by atoms with Gasteiger partial charge in [-0.25, -0.2) is 4.98 Å². The van der Waals surface area contributed by atoms with Gasteiger partial charge in [-0.05, 0) is 42.5 Å². The third kappa shape index (κ3) is 3.57. The van der Waals surface area contributed by atoms with E-state index in [9.17, 15) is 4.79 Å². The number of aryl methyl sites for hydroxylation is 1. The maximum atomic E-state index is 12.6. The van der Waals surface area contributed by atoms with Crippen LogP contribution in [0.2, 0.25) is 0 Å². The van der Waals surface area contributed by atoms with Gasteiger partial charge >= 0.3 is 0 Å². The van der Waals surface area contributed by atoms with Gasteiger partial charge in [0.2, 0.25) is 5.13 Å². The minimum absolute atomic E-state index is 0.0706. The zero-order chi connectivity index (χ0) is 16.2. The Labute approximate surface area is 142 Å². The monoisotopic (exact) mass is 342 g/mol. The second-order valence-electron chi connectivity index (χ2n) is 4.76. The van der Waals surface area contributed by atoms with Gasteiger partial charge in [-0.1, -0.05) is 6.08 Å². The second-order valence-corrected chi connectivity index (χ2v) is 6.61. The van der Waals surface area contributed by atoms with E-state index >= 15 is 0 Å². The summed E-state index contributed by atoms with van der Waals surface area (Å²) < 4.78 is 0. The largest absolute Gasteiger partial charge is 0.282 e. The van der Waals surface area contributed by atoms with Crippen LogP contribution in [0.25, 0.3) is 6.08 Å². The molecule has 0 atom stereocenters. The van der Waals surface area contributed by atoms with E-state index in [1.165, 1.54) is 23.1 Å². The predicted octanol–water partition coefficient (Wildman–Crippen LogP) is 3.64. The van der Waals surface area contributed by atoms with Gasteiger partial charge in [-0.3, -0.25) is 14.7 Å². The molecule has 116 valence electrons. The first kappa shape index (κ1) is 15.6. The summed E-state index contributed by atoms with van der Waals surface area (Å²) in [6, 6.07) is 3.72. The molecule has 3 rings (SSSR count). The molecule has 1 aliphatic rings. The minimum atomic E-state index is -0.0706. The summed E-state index contributed by atoms with van der Waals surface area (Å²) in [5, 5.41) is 3.22. The molecule has 0 N–H and O–H groups in total. The quantitative estimate of drug-likeness (QED) is 0.629. The van der Waals surface area contributed by atoms with Crippen LogP contribution < -0.4 is 0 Å². The van der Waals surface area contributed by atoms with Crippen molar-refractivity contribution < 1.29 is 4.79 Å². The third-order valence-corrected chi connectivity index (χ3v) is 4.86. The van der Waals surface area contributed by atoms with Crippen molar-refractivity contribution in [3.05, 3.63) is 58.7 Å². The molecule has 0 aliphatic carbocycles. The normalized spacial score (nSPS) is 18.1. The van der Waals surface area contributed by atoms with E-state index in [0.29, 0.717) is 21.7 Å². The second kappa shape index (κ2) is 6.89. The summed E-state index contributed by atoms with van der Waals surface area (Å²) in [6.07, 6.45) is 6.94. The first-order valence-corrected chi connectivity index (χ1v) is 8.60. The Hall–Kier alpha value is -2.25. The first-order chi connectivity index (χ1) is 11.2. The third-order valence-electron chi connectivity index (χ3n) is 3.00. The number of hydrogen-bond acceptors (Lipinski definition) is 6. The summed E-state index contributed by atoms with van der Waals surface area (Å²) in [4.78, 5) is 27.6. The molecule has 0 saturated carbocycles. The van der Waals surface area contributed by atoms with Crippen LogP contribution in [0.15, 0.2) is 52.5 Å². The molecule has 0 bridgehead atoms.